The van der Waals surface area contributed by atoms with Crippen LogP contribution in [0.4, 0.5) is 0 Å². The second-order valence-corrected chi connectivity index (χ2v) is 16.7. The van der Waals surface area contributed by atoms with Crippen molar-refractivity contribution in [2.24, 2.45) is 0 Å². The summed E-state index contributed by atoms with van der Waals surface area (Å²) in [7, 11) is 0. The number of carbonyl (C=O) groups is 3. The Kier molecular flexibility index (Phi) is 48.0. The maximum atomic E-state index is 12.8. The molecule has 63 heavy (non-hydrogen) atoms. The number of unbranched alkanes of at least 4 members (excludes halogenated alkanes) is 18. The largest absolute Gasteiger partial charge is 0.462 e. The average molecular weight is 875 g/mol. The van der Waals surface area contributed by atoms with Crippen LogP contribution in [0.25, 0.3) is 0 Å². The third-order valence-electron chi connectivity index (χ3n) is 10.6. The molecule has 6 heteroatoms. The smallest absolute Gasteiger partial charge is 0.306 e. The van der Waals surface area contributed by atoms with E-state index in [9.17, 15) is 14.4 Å². The summed E-state index contributed by atoms with van der Waals surface area (Å²) >= 11 is 0. The van der Waals surface area contributed by atoms with Crippen molar-refractivity contribution in [3.05, 3.63) is 97.2 Å². The van der Waals surface area contributed by atoms with E-state index in [0.29, 0.717) is 19.3 Å². The summed E-state index contributed by atoms with van der Waals surface area (Å²) < 4.78 is 16.7. The number of rotatable bonds is 45. The van der Waals surface area contributed by atoms with Crippen molar-refractivity contribution in [3.63, 3.8) is 0 Å². The lowest BCUT2D eigenvalue weighted by atomic mass is 10.1. The number of hydrogen-bond donors (Lipinski definition) is 0. The topological polar surface area (TPSA) is 78.9 Å². The molecule has 0 aliphatic rings. The molecule has 0 fully saturated rings. The van der Waals surface area contributed by atoms with Gasteiger partial charge in [0.15, 0.2) is 6.10 Å². The molecular weight excluding hydrogens is 781 g/mol. The minimum absolute atomic E-state index is 0.112. The highest BCUT2D eigenvalue weighted by Crippen LogP contribution is 2.13. The van der Waals surface area contributed by atoms with Gasteiger partial charge in [-0.3, -0.25) is 14.4 Å². The first-order chi connectivity index (χ1) is 31.0. The van der Waals surface area contributed by atoms with E-state index in [-0.39, 0.29) is 31.6 Å². The molecule has 0 rings (SSSR count). The predicted octanol–water partition coefficient (Wildman–Crippen LogP) is 17.0. The predicted molar refractivity (Wildman–Crippen MR) is 270 cm³/mol. The van der Waals surface area contributed by atoms with Crippen molar-refractivity contribution in [1.82, 2.24) is 0 Å². The molecule has 0 aliphatic heterocycles. The number of ether oxygens (including phenoxy) is 3. The Labute approximate surface area is 387 Å². The van der Waals surface area contributed by atoms with Crippen LogP contribution in [0.2, 0.25) is 0 Å². The fourth-order valence-corrected chi connectivity index (χ4v) is 6.73. The van der Waals surface area contributed by atoms with Gasteiger partial charge in [0, 0.05) is 19.3 Å². The summed E-state index contributed by atoms with van der Waals surface area (Å²) in [4.78, 5) is 37.9. The van der Waals surface area contributed by atoms with Crippen molar-refractivity contribution in [2.75, 3.05) is 13.2 Å². The lowest BCUT2D eigenvalue weighted by Gasteiger charge is -2.18. The van der Waals surface area contributed by atoms with Crippen molar-refractivity contribution in [1.29, 1.82) is 0 Å². The van der Waals surface area contributed by atoms with E-state index < -0.39 is 12.1 Å². The molecule has 358 valence electrons. The Morgan fingerprint density at radius 3 is 1.06 bits per heavy atom. The van der Waals surface area contributed by atoms with Crippen LogP contribution in [0.5, 0.6) is 0 Å². The highest BCUT2D eigenvalue weighted by Gasteiger charge is 2.19. The fraction of sp³-hybridized carbons (Fsp3) is 0.667. The van der Waals surface area contributed by atoms with Crippen LogP contribution in [0.15, 0.2) is 97.2 Å². The van der Waals surface area contributed by atoms with Crippen LogP contribution >= 0.6 is 0 Å². The molecule has 0 amide bonds. The maximum absolute atomic E-state index is 12.8. The molecule has 0 aromatic heterocycles. The molecule has 0 N–H and O–H groups in total. The molecule has 0 radical (unpaired) electrons. The molecule has 1 atom stereocenters. The third kappa shape index (κ3) is 49.2. The molecule has 0 spiro atoms. The molecule has 0 heterocycles. The van der Waals surface area contributed by atoms with E-state index in [1.54, 1.807) is 0 Å². The summed E-state index contributed by atoms with van der Waals surface area (Å²) in [5.74, 6) is -1.02. The number of esters is 3. The van der Waals surface area contributed by atoms with Crippen LogP contribution in [-0.2, 0) is 28.6 Å². The van der Waals surface area contributed by atoms with Gasteiger partial charge >= 0.3 is 17.9 Å². The van der Waals surface area contributed by atoms with Crippen molar-refractivity contribution >= 4 is 17.9 Å². The van der Waals surface area contributed by atoms with Gasteiger partial charge in [0.25, 0.3) is 0 Å². The Morgan fingerprint density at radius 2 is 0.651 bits per heavy atom. The van der Waals surface area contributed by atoms with Gasteiger partial charge in [0.1, 0.15) is 13.2 Å². The Balaban J connectivity index is 4.53. The average Bonchev–Trinajstić information content (AvgIpc) is 3.28. The lowest BCUT2D eigenvalue weighted by Crippen LogP contribution is -2.30. The molecular formula is C57H94O6. The quantitative estimate of drug-likeness (QED) is 0.0262. The molecule has 0 aliphatic carbocycles. The van der Waals surface area contributed by atoms with E-state index in [1.807, 2.05) is 12.2 Å². The van der Waals surface area contributed by atoms with Gasteiger partial charge in [-0.1, -0.05) is 214 Å². The summed E-state index contributed by atoms with van der Waals surface area (Å²) in [6, 6.07) is 0. The number of carbonyl (C=O) groups excluding carboxylic acids is 3. The second-order valence-electron chi connectivity index (χ2n) is 16.7. The van der Waals surface area contributed by atoms with Gasteiger partial charge in [-0.15, -0.1) is 0 Å². The zero-order valence-electron chi connectivity index (χ0n) is 40.8. The second kappa shape index (κ2) is 51.0. The van der Waals surface area contributed by atoms with Gasteiger partial charge in [0.05, 0.1) is 0 Å². The highest BCUT2D eigenvalue weighted by atomic mass is 16.6. The summed E-state index contributed by atoms with van der Waals surface area (Å²) in [5.41, 5.74) is 0. The summed E-state index contributed by atoms with van der Waals surface area (Å²) in [6.07, 6.45) is 66.9. The van der Waals surface area contributed by atoms with E-state index in [1.165, 1.54) is 77.0 Å². The van der Waals surface area contributed by atoms with Crippen molar-refractivity contribution in [3.8, 4) is 0 Å². The van der Waals surface area contributed by atoms with E-state index in [4.69, 9.17) is 14.2 Å². The molecule has 0 saturated heterocycles. The van der Waals surface area contributed by atoms with Crippen molar-refractivity contribution in [2.45, 2.75) is 232 Å². The zero-order valence-corrected chi connectivity index (χ0v) is 40.8. The molecule has 0 unspecified atom stereocenters. The molecule has 0 saturated carbocycles. The van der Waals surface area contributed by atoms with E-state index >= 15 is 0 Å². The normalized spacial score (nSPS) is 12.9. The van der Waals surface area contributed by atoms with Crippen molar-refractivity contribution < 1.29 is 28.6 Å². The summed E-state index contributed by atoms with van der Waals surface area (Å²) in [6.45, 7) is 6.40. The Hall–Kier alpha value is -3.67. The first-order valence-corrected chi connectivity index (χ1v) is 25.7. The minimum Gasteiger partial charge on any atom is -0.462 e. The molecule has 6 nitrogen and oxygen atoms in total. The van der Waals surface area contributed by atoms with E-state index in [0.717, 1.165) is 103 Å². The van der Waals surface area contributed by atoms with Crippen LogP contribution in [0.1, 0.15) is 226 Å². The standard InChI is InChI=1S/C57H94O6/c1-4-7-10-13-16-19-22-24-26-27-28-29-31-33-36-39-42-45-48-51-57(60)63-54(52-61-55(58)49-46-43-40-37-34-21-18-15-12-9-6-3)53-62-56(59)50-47-44-41-38-35-32-30-25-23-20-17-14-11-8-5-2/h8,11,16-17,19-20,24-26,28-30,33,36,42,45,54H,4-7,9-10,12-15,18,21-23,27,31-32,34-35,37-41,43-44,46-53H2,1-3H3/b11-8-,19-16-,20-17-,26-24-,29-28-,30-25-,36-33-,45-42-/t54-/m0/s1. The summed E-state index contributed by atoms with van der Waals surface area (Å²) in [5, 5.41) is 0. The maximum Gasteiger partial charge on any atom is 0.306 e. The van der Waals surface area contributed by atoms with Crippen LogP contribution < -0.4 is 0 Å². The van der Waals surface area contributed by atoms with Crippen LogP contribution in [-0.4, -0.2) is 37.2 Å². The third-order valence-corrected chi connectivity index (χ3v) is 10.6. The minimum atomic E-state index is -0.822. The molecule has 0 aromatic carbocycles. The Bertz CT molecular complexity index is 1280. The van der Waals surface area contributed by atoms with Gasteiger partial charge in [-0.2, -0.15) is 0 Å². The lowest BCUT2D eigenvalue weighted by molar-refractivity contribution is -0.166. The fourth-order valence-electron chi connectivity index (χ4n) is 6.73. The molecule has 0 aromatic rings. The first kappa shape index (κ1) is 59.3. The zero-order chi connectivity index (χ0) is 45.8. The van der Waals surface area contributed by atoms with Gasteiger partial charge in [-0.05, 0) is 89.9 Å². The van der Waals surface area contributed by atoms with Crippen LogP contribution in [0, 0.1) is 0 Å². The van der Waals surface area contributed by atoms with E-state index in [2.05, 4.69) is 106 Å². The van der Waals surface area contributed by atoms with Gasteiger partial charge < -0.3 is 14.2 Å². The monoisotopic (exact) mass is 875 g/mol. The molecule has 0 bridgehead atoms. The van der Waals surface area contributed by atoms with Crippen LogP contribution in [0.3, 0.4) is 0 Å². The number of hydrogen-bond acceptors (Lipinski definition) is 6. The Morgan fingerprint density at radius 1 is 0.333 bits per heavy atom. The number of allylic oxidation sites excluding steroid dienone is 16. The first-order valence-electron chi connectivity index (χ1n) is 25.7. The SMILES string of the molecule is CC/C=C\C/C=C\C/C=C\CCCCCCCC(=O)OC[C@H](COC(=O)CCCCCCCCCCCCC)OC(=O)CC/C=C\C/C=C\C/C=C\C/C=C\C/C=C\CCCCC. The van der Waals surface area contributed by atoms with Gasteiger partial charge in [0.2, 0.25) is 0 Å². The highest BCUT2D eigenvalue weighted by molar-refractivity contribution is 5.71. The van der Waals surface area contributed by atoms with Gasteiger partial charge in [-0.25, -0.2) is 0 Å².